The van der Waals surface area contributed by atoms with E-state index < -0.39 is 71.2 Å². The summed E-state index contributed by atoms with van der Waals surface area (Å²) >= 11 is 38.0. The van der Waals surface area contributed by atoms with Crippen molar-refractivity contribution < 1.29 is 62.0 Å². The number of oxazole rings is 4. The van der Waals surface area contributed by atoms with Crippen molar-refractivity contribution in [2.45, 2.75) is 49.0 Å². The van der Waals surface area contributed by atoms with E-state index in [9.17, 15) is 45.1 Å². The first-order chi connectivity index (χ1) is 46.7. The van der Waals surface area contributed by atoms with Gasteiger partial charge >= 0.3 is 17.3 Å². The summed E-state index contributed by atoms with van der Waals surface area (Å²) in [5, 5.41) is 9.55. The number of aromatic amines is 1. The molecule has 502 valence electrons. The fourth-order valence-corrected chi connectivity index (χ4v) is 16.8. The largest absolute Gasteiger partial charge is 0.478 e. The molecule has 0 saturated heterocycles. The van der Waals surface area contributed by atoms with E-state index in [-0.39, 0.29) is 107 Å². The molecule has 0 unspecified atom stereocenters. The third-order valence-electron chi connectivity index (χ3n) is 15.6. The standard InChI is InChI=1S/C17H10BrClFN3O4S.C17H13BrClFN2O3S.C15H8BrClFNO3.C14H6BrClFN3O2/c18-8-1-4-11(10(19)5-8)22-16-12(6-13-15(14(16)20)21-7-27-13)23(17(22)24)28(25,26)9-2-3-9;18-10-2-1-9(13(19)6-10)5-12-14(22-26(23,24)11-3-4-11)7-15-17(16(12)20)21-8-25-15;16-8-2-1-7(11(17)4-8)3-9-10(15(20)21)5-12-14(13(9)18)19-6-22-12;15-6-1-2-9(7(16)3-6)20-13-8(19-14(20)21)4-10-12(11(13)17)18-5-22-10/h1,4-7,9H,2-3H2;1-2,6-8,11,22H,3-5H2;1-2,4-6H,3H2,(H,20,21);1-5H,(H,19,21). The van der Waals surface area contributed by atoms with Crippen molar-refractivity contribution in [3.8, 4) is 11.4 Å². The van der Waals surface area contributed by atoms with Gasteiger partial charge in [-0.2, -0.15) is 3.97 Å². The molecule has 0 amide bonds. The number of sulfonamides is 1. The predicted octanol–water partition coefficient (Wildman–Crippen LogP) is 17.4. The van der Waals surface area contributed by atoms with Gasteiger partial charge in [0.15, 0.2) is 71.2 Å². The van der Waals surface area contributed by atoms with Crippen molar-refractivity contribution in [1.82, 2.24) is 38.0 Å². The maximum atomic E-state index is 15.3. The average Bonchev–Trinajstić information content (AvgIpc) is 1.55. The van der Waals surface area contributed by atoms with Gasteiger partial charge in [0.25, 0.3) is 0 Å². The second-order valence-corrected chi connectivity index (χ2v) is 31.2. The first-order valence-electron chi connectivity index (χ1n) is 28.4. The Hall–Kier alpha value is -7.85. The van der Waals surface area contributed by atoms with Gasteiger partial charge in [-0.05, 0) is 104 Å². The molecular weight excluding hydrogens is 1680 g/mol. The van der Waals surface area contributed by atoms with Gasteiger partial charge in [0.2, 0.25) is 20.0 Å². The number of carbonyl (C=O) groups is 1. The number of hydrogen-bond acceptors (Lipinski definition) is 15. The van der Waals surface area contributed by atoms with E-state index in [1.165, 1.54) is 41.0 Å². The highest BCUT2D eigenvalue weighted by atomic mass is 79.9. The summed E-state index contributed by atoms with van der Waals surface area (Å²) in [5.41, 5.74) is 1.27. The number of aromatic carboxylic acids is 1. The molecule has 0 bridgehead atoms. The fraction of sp³-hybridized carbons (Fsp3) is 0.127. The maximum absolute atomic E-state index is 15.3. The second kappa shape index (κ2) is 27.0. The van der Waals surface area contributed by atoms with Crippen LogP contribution in [0.25, 0.3) is 77.8 Å². The van der Waals surface area contributed by atoms with Crippen molar-refractivity contribution >= 4 is 208 Å². The van der Waals surface area contributed by atoms with Crippen LogP contribution in [0.1, 0.15) is 58.3 Å². The molecule has 6 aromatic heterocycles. The molecular formula is C63H37Br4Cl4F4N9O12S2. The highest BCUT2D eigenvalue weighted by molar-refractivity contribution is 9.11. The molecule has 2 aliphatic carbocycles. The van der Waals surface area contributed by atoms with Gasteiger partial charge < -0.3 is 27.8 Å². The summed E-state index contributed by atoms with van der Waals surface area (Å²) in [6.45, 7) is 0. The van der Waals surface area contributed by atoms with Gasteiger partial charge in [-0.3, -0.25) is 13.9 Å². The number of carboxylic acid groups (broad SMARTS) is 1. The number of carboxylic acids is 1. The smallest absolute Gasteiger partial charge is 0.347 e. The van der Waals surface area contributed by atoms with Crippen LogP contribution in [0.15, 0.2) is 168 Å². The molecule has 35 heteroatoms. The molecule has 2 saturated carbocycles. The van der Waals surface area contributed by atoms with Crippen molar-refractivity contribution in [2.24, 2.45) is 0 Å². The Bertz CT molecular complexity index is 6000. The molecule has 0 spiro atoms. The summed E-state index contributed by atoms with van der Waals surface area (Å²) in [6.07, 6.45) is 6.70. The number of fused-ring (bicyclic) bond motifs is 6. The van der Waals surface area contributed by atoms with E-state index in [2.05, 4.69) is 93.4 Å². The fourth-order valence-electron chi connectivity index (χ4n) is 10.6. The summed E-state index contributed by atoms with van der Waals surface area (Å²) in [7, 11) is -7.56. The van der Waals surface area contributed by atoms with E-state index in [0.29, 0.717) is 71.5 Å². The number of nitrogens with zero attached hydrogens (tertiary/aromatic N) is 7. The molecule has 2 fully saturated rings. The van der Waals surface area contributed by atoms with Crippen LogP contribution >= 0.6 is 110 Å². The van der Waals surface area contributed by atoms with Crippen molar-refractivity contribution in [1.29, 1.82) is 0 Å². The Kier molecular flexibility index (Phi) is 18.9. The molecule has 16 rings (SSSR count). The SMILES string of the molecule is O=C(O)c1cc2ocnc2c(F)c1Cc1ccc(Br)cc1Cl.O=S(=O)(Nc1cc2ocnc2c(F)c1Cc1ccc(Br)cc1Cl)C1CC1.O=c1[nH]c2cc3ocnc3c(F)c2n1-c1ccc(Br)cc1Cl.O=c1n(-c2ccc(Br)cc2Cl)c2c(F)c3ncoc3cc2n1S(=O)(=O)C1CC1. The van der Waals surface area contributed by atoms with Crippen LogP contribution in [0, 0.1) is 23.3 Å². The zero-order chi connectivity index (χ0) is 69.5. The molecule has 6 heterocycles. The van der Waals surface area contributed by atoms with Crippen LogP contribution in [0.4, 0.5) is 23.2 Å². The number of nitrogens with one attached hydrogen (secondary N) is 2. The third-order valence-corrected chi connectivity index (χ3v) is 22.9. The van der Waals surface area contributed by atoms with Gasteiger partial charge in [-0.1, -0.05) is 122 Å². The maximum Gasteiger partial charge on any atom is 0.347 e. The van der Waals surface area contributed by atoms with Gasteiger partial charge in [0.1, 0.15) is 33.1 Å². The van der Waals surface area contributed by atoms with Crippen LogP contribution in [-0.4, -0.2) is 76.4 Å². The Morgan fingerprint density at radius 1 is 0.551 bits per heavy atom. The first kappa shape index (κ1) is 68.7. The highest BCUT2D eigenvalue weighted by Crippen LogP contribution is 2.39. The van der Waals surface area contributed by atoms with Gasteiger partial charge in [-0.15, -0.1) is 0 Å². The van der Waals surface area contributed by atoms with Gasteiger partial charge in [0.05, 0.1) is 54.2 Å². The molecule has 21 nitrogen and oxygen atoms in total. The number of halogens is 12. The molecule has 8 aromatic carbocycles. The molecule has 0 radical (unpaired) electrons. The van der Waals surface area contributed by atoms with Crippen LogP contribution in [0.3, 0.4) is 0 Å². The lowest BCUT2D eigenvalue weighted by atomic mass is 9.98. The predicted molar refractivity (Wildman–Crippen MR) is 374 cm³/mol. The Morgan fingerprint density at radius 2 is 0.980 bits per heavy atom. The summed E-state index contributed by atoms with van der Waals surface area (Å²) in [5.74, 6) is -4.06. The zero-order valence-electron chi connectivity index (χ0n) is 48.9. The minimum Gasteiger partial charge on any atom is -0.478 e. The number of rotatable bonds is 12. The van der Waals surface area contributed by atoms with Gasteiger partial charge in [-0.25, -0.2) is 68.7 Å². The molecule has 0 atom stereocenters. The average molecular weight is 1710 g/mol. The van der Waals surface area contributed by atoms with E-state index >= 15 is 8.78 Å². The summed E-state index contributed by atoms with van der Waals surface area (Å²) in [4.78, 5) is 54.8. The van der Waals surface area contributed by atoms with Crippen LogP contribution < -0.4 is 16.1 Å². The minimum atomic E-state index is -4.00. The molecule has 3 N–H and O–H groups in total. The van der Waals surface area contributed by atoms with E-state index in [0.717, 1.165) is 43.6 Å². The number of aromatic nitrogens is 8. The Morgan fingerprint density at radius 3 is 1.47 bits per heavy atom. The topological polar surface area (TPSA) is 286 Å². The van der Waals surface area contributed by atoms with Crippen molar-refractivity contribution in [2.75, 3.05) is 4.72 Å². The molecule has 98 heavy (non-hydrogen) atoms. The lowest BCUT2D eigenvalue weighted by Gasteiger charge is -2.14. The van der Waals surface area contributed by atoms with Gasteiger partial charge in [0, 0.05) is 70.1 Å². The normalized spacial score (nSPS) is 13.3. The summed E-state index contributed by atoms with van der Waals surface area (Å²) < 4.78 is 139. The number of H-pyrrole nitrogens is 1. The zero-order valence-corrected chi connectivity index (χ0v) is 59.9. The minimum absolute atomic E-state index is 0.00762. The van der Waals surface area contributed by atoms with Crippen molar-refractivity contribution in [3.63, 3.8) is 0 Å². The van der Waals surface area contributed by atoms with Crippen LogP contribution in [-0.2, 0) is 32.9 Å². The third kappa shape index (κ3) is 13.2. The molecule has 14 aromatic rings. The van der Waals surface area contributed by atoms with Crippen molar-refractivity contribution in [3.05, 3.63) is 233 Å². The van der Waals surface area contributed by atoms with E-state index in [4.69, 9.17) is 64.1 Å². The lowest BCUT2D eigenvalue weighted by Crippen LogP contribution is -2.31. The van der Waals surface area contributed by atoms with E-state index in [1.54, 1.807) is 60.7 Å². The molecule has 2 aliphatic rings. The number of imidazole rings is 2. The van der Waals surface area contributed by atoms with Crippen LogP contribution in [0.5, 0.6) is 0 Å². The Balaban J connectivity index is 0.000000118. The molecule has 0 aliphatic heterocycles. The number of benzene rings is 8. The van der Waals surface area contributed by atoms with E-state index in [1.807, 2.05) is 0 Å². The highest BCUT2D eigenvalue weighted by Gasteiger charge is 2.41. The second-order valence-electron chi connectivity index (χ2n) is 21.9. The van der Waals surface area contributed by atoms with Crippen LogP contribution in [0.2, 0.25) is 20.1 Å². The quantitative estimate of drug-likeness (QED) is 0.0958. The first-order valence-corrected chi connectivity index (χ1v) is 36.1. The Labute approximate surface area is 600 Å². The number of anilines is 1. The summed E-state index contributed by atoms with van der Waals surface area (Å²) in [6, 6.07) is 25.6. The monoisotopic (exact) mass is 1710 g/mol. The lowest BCUT2D eigenvalue weighted by molar-refractivity contribution is 0.0695. The number of hydrogen-bond donors (Lipinski definition) is 3.